The summed E-state index contributed by atoms with van der Waals surface area (Å²) in [6, 6.07) is 0. The molecule has 1 spiro atoms. The molecule has 9 rings (SSSR count). The van der Waals surface area contributed by atoms with Crippen molar-refractivity contribution in [2.24, 2.45) is 52.3 Å². The van der Waals surface area contributed by atoms with Crippen molar-refractivity contribution >= 4 is 0 Å². The summed E-state index contributed by atoms with van der Waals surface area (Å²) in [7, 11) is 0. The summed E-state index contributed by atoms with van der Waals surface area (Å²) in [4.78, 5) is 0. The Morgan fingerprint density at radius 3 is 1.94 bits per heavy atom. The summed E-state index contributed by atoms with van der Waals surface area (Å²) in [5, 5.41) is 120. The van der Waals surface area contributed by atoms with Crippen LogP contribution in [-0.4, -0.2) is 198 Å². The van der Waals surface area contributed by atoms with Crippen LogP contribution in [0.5, 0.6) is 0 Å². The van der Waals surface area contributed by atoms with E-state index in [1.807, 2.05) is 0 Å². The van der Waals surface area contributed by atoms with E-state index in [9.17, 15) is 56.2 Å². The van der Waals surface area contributed by atoms with E-state index in [4.69, 9.17) is 37.9 Å². The van der Waals surface area contributed by atoms with Crippen LogP contribution in [0.15, 0.2) is 0 Å². The van der Waals surface area contributed by atoms with Crippen molar-refractivity contribution in [2.75, 3.05) is 19.8 Å². The summed E-state index contributed by atoms with van der Waals surface area (Å²) in [6.07, 6.45) is -20.3. The average Bonchev–Trinajstić information content (AvgIpc) is 3.68. The molecule has 19 nitrogen and oxygen atoms in total. The van der Waals surface area contributed by atoms with Gasteiger partial charge in [-0.3, -0.25) is 0 Å². The third kappa shape index (κ3) is 7.67. The zero-order valence-corrected chi connectivity index (χ0v) is 37.5. The van der Waals surface area contributed by atoms with Gasteiger partial charge in [0.05, 0.1) is 50.3 Å². The van der Waals surface area contributed by atoms with Gasteiger partial charge in [-0.25, -0.2) is 0 Å². The van der Waals surface area contributed by atoms with Gasteiger partial charge in [-0.2, -0.15) is 0 Å². The highest BCUT2D eigenvalue weighted by Gasteiger charge is 2.72. The smallest absolute Gasteiger partial charge is 0.187 e. The summed E-state index contributed by atoms with van der Waals surface area (Å²) in [5.41, 5.74) is -0.367. The molecule has 19 heteroatoms. The third-order valence-electron chi connectivity index (χ3n) is 18.3. The second-order valence-corrected chi connectivity index (χ2v) is 21.8. The monoisotopic (exact) mass is 918 g/mol. The molecule has 5 saturated heterocycles. The quantitative estimate of drug-likeness (QED) is 0.120. The third-order valence-corrected chi connectivity index (χ3v) is 18.3. The van der Waals surface area contributed by atoms with Gasteiger partial charge in [0.1, 0.15) is 67.1 Å². The Bertz CT molecular complexity index is 1620. The Morgan fingerprint density at radius 2 is 1.25 bits per heavy atom. The number of rotatable bonds is 8. The van der Waals surface area contributed by atoms with Gasteiger partial charge < -0.3 is 94.1 Å². The molecule has 368 valence electrons. The summed E-state index contributed by atoms with van der Waals surface area (Å²) < 4.78 is 48.7. The van der Waals surface area contributed by atoms with Gasteiger partial charge in [0.2, 0.25) is 0 Å². The van der Waals surface area contributed by atoms with Crippen LogP contribution in [0.3, 0.4) is 0 Å². The molecule has 11 N–H and O–H groups in total. The van der Waals surface area contributed by atoms with Crippen LogP contribution in [0, 0.1) is 52.3 Å². The standard InChI is InChI=1S/C45H74O19/c1-17-8-11-45(57-16-17)18(2)27-38(64-45)31(51)28-21-7-6-20-12-24(23(48)13-44(20,5)22(21)9-10-43(27,28)4)59-41-36(56)34(54)37(26(15-47)61-41)62-42-39(33(53)30(50)25(14-46)60-42)63-40-35(55)32(52)29(49)19(3)58-40/h17-42,46-56H,6-16H2,1-5H3/t17-,18+,19-,20+,21-,22+,23-,24-,25-,26-,27+,28-,29+,30-,31+,32+,33+,34-,35-,36-,37+,38-,39-,40+,41-,42+,43-,44+,45-/m1/s1. The lowest BCUT2D eigenvalue weighted by molar-refractivity contribution is -0.390. The predicted molar refractivity (Wildman–Crippen MR) is 217 cm³/mol. The number of aliphatic hydroxyl groups is 11. The molecule has 0 unspecified atom stereocenters. The zero-order valence-electron chi connectivity index (χ0n) is 37.5. The van der Waals surface area contributed by atoms with Crippen molar-refractivity contribution in [3.63, 3.8) is 0 Å². The largest absolute Gasteiger partial charge is 0.394 e. The molecular weight excluding hydrogens is 844 g/mol. The number of hydrogen-bond acceptors (Lipinski definition) is 19. The Labute approximate surface area is 373 Å². The second-order valence-electron chi connectivity index (χ2n) is 21.8. The van der Waals surface area contributed by atoms with Crippen molar-refractivity contribution in [2.45, 2.75) is 208 Å². The van der Waals surface area contributed by atoms with Crippen LogP contribution in [-0.2, 0) is 37.9 Å². The average molecular weight is 919 g/mol. The molecule has 5 aliphatic heterocycles. The fraction of sp³-hybridized carbons (Fsp3) is 1.00. The second kappa shape index (κ2) is 17.9. The van der Waals surface area contributed by atoms with Gasteiger partial charge in [-0.15, -0.1) is 0 Å². The normalized spacial score (nSPS) is 59.8. The molecular formula is C45H74O19. The molecule has 0 bridgehead atoms. The summed E-state index contributed by atoms with van der Waals surface area (Å²) in [6.45, 7) is 9.64. The van der Waals surface area contributed by atoms with E-state index in [-0.39, 0.29) is 52.4 Å². The number of aliphatic hydroxyl groups excluding tert-OH is 11. The van der Waals surface area contributed by atoms with E-state index in [1.165, 1.54) is 6.92 Å². The first-order valence-electron chi connectivity index (χ1n) is 23.9. The van der Waals surface area contributed by atoms with Crippen LogP contribution >= 0.6 is 0 Å². The highest BCUT2D eigenvalue weighted by atomic mass is 16.8. The SMILES string of the molecule is C[C@@H]1CC[C@@]2(OC1)O[C@H]1[C@@H](O)[C@H]3[C@@H]4CC[C@H]5C[C@@H](O[C@@H]6O[C@H](CO)[C@H](O[C@@H]7O[C@H](CO)[C@@H](O)[C@H](O)[C@H]7O[C@@H]7O[C@H](C)[C@H](O)[C@H](O)[C@H]7O)[C@H](O)[C@H]6O)[C@H](O)C[C@]5(C)[C@H]4CC[C@]3(C)[C@H]1[C@@H]2C. The molecule has 9 fully saturated rings. The van der Waals surface area contributed by atoms with Gasteiger partial charge in [-0.05, 0) is 92.3 Å². The molecule has 0 aromatic carbocycles. The maximum atomic E-state index is 12.2. The lowest BCUT2D eigenvalue weighted by Gasteiger charge is -2.62. The van der Waals surface area contributed by atoms with Crippen molar-refractivity contribution in [3.05, 3.63) is 0 Å². The molecule has 9 aliphatic rings. The molecule has 0 amide bonds. The van der Waals surface area contributed by atoms with Gasteiger partial charge in [0.15, 0.2) is 24.7 Å². The molecule has 4 saturated carbocycles. The highest BCUT2D eigenvalue weighted by molar-refractivity contribution is 5.19. The van der Waals surface area contributed by atoms with E-state index in [0.29, 0.717) is 25.4 Å². The first-order valence-corrected chi connectivity index (χ1v) is 23.9. The number of ether oxygens (including phenoxy) is 8. The minimum absolute atomic E-state index is 0.0619. The molecule has 0 aromatic rings. The topological polar surface area (TPSA) is 296 Å². The minimum atomic E-state index is -1.85. The van der Waals surface area contributed by atoms with Crippen molar-refractivity contribution in [1.82, 2.24) is 0 Å². The van der Waals surface area contributed by atoms with E-state index in [1.54, 1.807) is 0 Å². The van der Waals surface area contributed by atoms with Crippen LogP contribution in [0.25, 0.3) is 0 Å². The molecule has 4 aliphatic carbocycles. The lowest BCUT2D eigenvalue weighted by Crippen LogP contribution is -2.67. The Morgan fingerprint density at radius 1 is 0.594 bits per heavy atom. The van der Waals surface area contributed by atoms with Gasteiger partial charge in [-0.1, -0.05) is 27.7 Å². The molecule has 29 atom stereocenters. The van der Waals surface area contributed by atoms with Gasteiger partial charge in [0.25, 0.3) is 0 Å². The molecule has 0 aromatic heterocycles. The fourth-order valence-electron chi connectivity index (χ4n) is 14.7. The maximum Gasteiger partial charge on any atom is 0.187 e. The van der Waals surface area contributed by atoms with E-state index in [2.05, 4.69) is 27.7 Å². The highest BCUT2D eigenvalue weighted by Crippen LogP contribution is 2.71. The Hall–Kier alpha value is -0.760. The fourth-order valence-corrected chi connectivity index (χ4v) is 14.7. The Kier molecular flexibility index (Phi) is 13.5. The van der Waals surface area contributed by atoms with Gasteiger partial charge in [0, 0.05) is 18.3 Å². The summed E-state index contributed by atoms with van der Waals surface area (Å²) in [5.74, 6) is 0.925. The van der Waals surface area contributed by atoms with E-state index in [0.717, 1.165) is 38.5 Å². The van der Waals surface area contributed by atoms with Crippen LogP contribution in [0.2, 0.25) is 0 Å². The minimum Gasteiger partial charge on any atom is -0.394 e. The molecule has 5 heterocycles. The summed E-state index contributed by atoms with van der Waals surface area (Å²) >= 11 is 0. The Balaban J connectivity index is 0.856. The van der Waals surface area contributed by atoms with Crippen molar-refractivity contribution < 1.29 is 94.1 Å². The van der Waals surface area contributed by atoms with Crippen molar-refractivity contribution in [3.8, 4) is 0 Å². The molecule has 0 radical (unpaired) electrons. The number of hydrogen-bond donors (Lipinski definition) is 11. The molecule has 64 heavy (non-hydrogen) atoms. The van der Waals surface area contributed by atoms with E-state index >= 15 is 0 Å². The zero-order chi connectivity index (χ0) is 45.9. The number of fused-ring (bicyclic) bond motifs is 7. The van der Waals surface area contributed by atoms with Crippen molar-refractivity contribution in [1.29, 1.82) is 0 Å². The van der Waals surface area contributed by atoms with Crippen LogP contribution in [0.4, 0.5) is 0 Å². The first kappa shape index (κ1) is 48.3. The predicted octanol–water partition coefficient (Wildman–Crippen LogP) is -1.76. The van der Waals surface area contributed by atoms with Gasteiger partial charge >= 0.3 is 0 Å². The van der Waals surface area contributed by atoms with Crippen LogP contribution < -0.4 is 0 Å². The van der Waals surface area contributed by atoms with Crippen LogP contribution in [0.1, 0.15) is 86.0 Å². The first-order chi connectivity index (χ1) is 30.3. The maximum absolute atomic E-state index is 12.2. The lowest BCUT2D eigenvalue weighted by atomic mass is 9.44. The van der Waals surface area contributed by atoms with E-state index < -0.39 is 129 Å².